The summed E-state index contributed by atoms with van der Waals surface area (Å²) in [6.45, 7) is 7.90. The second kappa shape index (κ2) is 6.20. The molecular weight excluding hydrogens is 318 g/mol. The third-order valence-corrected chi connectivity index (χ3v) is 6.28. The molecule has 1 aromatic rings. The van der Waals surface area contributed by atoms with Crippen LogP contribution in [0.1, 0.15) is 26.7 Å². The van der Waals surface area contributed by atoms with Gasteiger partial charge in [-0.3, -0.25) is 9.88 Å². The summed E-state index contributed by atoms with van der Waals surface area (Å²) in [6, 6.07) is 3.83. The molecule has 0 aromatic carbocycles. The number of hydrogen-bond acceptors (Lipinski definition) is 6. The summed E-state index contributed by atoms with van der Waals surface area (Å²) >= 11 is 0. The smallest absolute Gasteiger partial charge is 0.109 e. The van der Waals surface area contributed by atoms with Crippen molar-refractivity contribution in [2.45, 2.75) is 50.0 Å². The van der Waals surface area contributed by atoms with Crippen molar-refractivity contribution in [3.8, 4) is 0 Å². The minimum atomic E-state index is -0.937. The predicted molar refractivity (Wildman–Crippen MR) is 95.5 cm³/mol. The first-order valence-electron chi connectivity index (χ1n) is 9.32. The van der Waals surface area contributed by atoms with Crippen LogP contribution in [0.2, 0.25) is 0 Å². The Bertz CT molecular complexity index is 603. The van der Waals surface area contributed by atoms with Crippen molar-refractivity contribution in [1.29, 1.82) is 0 Å². The highest BCUT2D eigenvalue weighted by molar-refractivity contribution is 5.45. The zero-order valence-corrected chi connectivity index (χ0v) is 15.1. The molecule has 0 unspecified atom stereocenters. The van der Waals surface area contributed by atoms with Gasteiger partial charge in [0.1, 0.15) is 5.60 Å². The summed E-state index contributed by atoms with van der Waals surface area (Å²) in [4.78, 5) is 8.68. The predicted octanol–water partition coefficient (Wildman–Crippen LogP) is 0.883. The van der Waals surface area contributed by atoms with Crippen LogP contribution >= 0.6 is 0 Å². The Hall–Kier alpha value is -1.21. The van der Waals surface area contributed by atoms with Gasteiger partial charge in [0.15, 0.2) is 0 Å². The zero-order valence-electron chi connectivity index (χ0n) is 15.1. The second-order valence-corrected chi connectivity index (χ2v) is 8.42. The monoisotopic (exact) mass is 347 g/mol. The number of anilines is 1. The van der Waals surface area contributed by atoms with Crippen molar-refractivity contribution >= 4 is 5.69 Å². The van der Waals surface area contributed by atoms with Crippen molar-refractivity contribution in [1.82, 2.24) is 9.88 Å². The van der Waals surface area contributed by atoms with Crippen molar-refractivity contribution in [2.75, 3.05) is 37.7 Å². The van der Waals surface area contributed by atoms with Crippen molar-refractivity contribution < 1.29 is 14.9 Å². The van der Waals surface area contributed by atoms with Gasteiger partial charge < -0.3 is 19.8 Å². The third kappa shape index (κ3) is 3.05. The van der Waals surface area contributed by atoms with Crippen molar-refractivity contribution in [2.24, 2.45) is 5.92 Å². The number of pyridine rings is 1. The minimum Gasteiger partial charge on any atom is -0.391 e. The molecule has 3 heterocycles. The highest BCUT2D eigenvalue weighted by atomic mass is 16.5. The second-order valence-electron chi connectivity index (χ2n) is 8.42. The van der Waals surface area contributed by atoms with Crippen LogP contribution in [0.15, 0.2) is 24.5 Å². The van der Waals surface area contributed by atoms with Crippen LogP contribution in [-0.2, 0) is 4.74 Å². The number of hydrogen-bond donors (Lipinski definition) is 2. The number of ether oxygens (including phenoxy) is 1. The van der Waals surface area contributed by atoms with Crippen LogP contribution in [-0.4, -0.2) is 76.2 Å². The van der Waals surface area contributed by atoms with E-state index in [1.54, 1.807) is 0 Å². The molecule has 1 aromatic heterocycles. The lowest BCUT2D eigenvalue weighted by atomic mass is 9.78. The van der Waals surface area contributed by atoms with Gasteiger partial charge in [0.2, 0.25) is 0 Å². The molecule has 1 aliphatic carbocycles. The van der Waals surface area contributed by atoms with Crippen LogP contribution in [0.5, 0.6) is 0 Å². The van der Waals surface area contributed by atoms with E-state index in [0.29, 0.717) is 13.0 Å². The van der Waals surface area contributed by atoms with Crippen molar-refractivity contribution in [3.63, 3.8) is 0 Å². The molecule has 2 aliphatic heterocycles. The van der Waals surface area contributed by atoms with Gasteiger partial charge in [0, 0.05) is 44.3 Å². The number of fused-ring (bicyclic) bond motifs is 1. The van der Waals surface area contributed by atoms with Gasteiger partial charge in [0.05, 0.1) is 24.4 Å². The van der Waals surface area contributed by atoms with Crippen LogP contribution in [0.25, 0.3) is 0 Å². The van der Waals surface area contributed by atoms with Crippen LogP contribution in [0, 0.1) is 5.92 Å². The number of aliphatic hydroxyl groups is 2. The van der Waals surface area contributed by atoms with E-state index in [2.05, 4.69) is 28.6 Å². The highest BCUT2D eigenvalue weighted by Crippen LogP contribution is 2.47. The van der Waals surface area contributed by atoms with E-state index in [1.807, 2.05) is 24.5 Å². The van der Waals surface area contributed by atoms with Crippen molar-refractivity contribution in [3.05, 3.63) is 24.5 Å². The summed E-state index contributed by atoms with van der Waals surface area (Å²) < 4.78 is 5.94. The maximum atomic E-state index is 11.4. The molecule has 0 amide bonds. The van der Waals surface area contributed by atoms with E-state index >= 15 is 0 Å². The van der Waals surface area contributed by atoms with Gasteiger partial charge in [-0.2, -0.15) is 0 Å². The molecule has 0 bridgehead atoms. The molecule has 4 atom stereocenters. The SMILES string of the molecule is CC1(C)C[C@H]2C[C@@H](O)[C@H](N3CCN(c4ccncc4)CC3)[C@]2(O)CO1. The maximum absolute atomic E-state index is 11.4. The molecule has 2 N–H and O–H groups in total. The Morgan fingerprint density at radius 3 is 2.52 bits per heavy atom. The zero-order chi connectivity index (χ0) is 17.7. The average Bonchev–Trinajstić information content (AvgIpc) is 2.85. The standard InChI is InChI=1S/C19H29N3O3/c1-18(2)12-14-11-16(23)17(19(14,24)13-25-18)22-9-7-21(8-10-22)15-3-5-20-6-4-15/h3-6,14,16-17,23-24H,7-13H2,1-2H3/t14-,16-,17+,19+/m1/s1. The number of piperazine rings is 1. The number of nitrogens with zero attached hydrogens (tertiary/aromatic N) is 3. The van der Waals surface area contributed by atoms with E-state index in [4.69, 9.17) is 4.74 Å². The first-order chi connectivity index (χ1) is 11.9. The number of aromatic nitrogens is 1. The first-order valence-corrected chi connectivity index (χ1v) is 9.32. The Kier molecular flexibility index (Phi) is 4.27. The van der Waals surface area contributed by atoms with E-state index in [1.165, 1.54) is 5.69 Å². The fraction of sp³-hybridized carbons (Fsp3) is 0.737. The molecule has 3 aliphatic rings. The fourth-order valence-electron chi connectivity index (χ4n) is 5.00. The molecule has 6 nitrogen and oxygen atoms in total. The topological polar surface area (TPSA) is 69.1 Å². The van der Waals surface area contributed by atoms with Gasteiger partial charge in [-0.25, -0.2) is 0 Å². The quantitative estimate of drug-likeness (QED) is 0.828. The van der Waals surface area contributed by atoms with Crippen LogP contribution in [0.4, 0.5) is 5.69 Å². The highest BCUT2D eigenvalue weighted by Gasteiger charge is 2.59. The summed E-state index contributed by atoms with van der Waals surface area (Å²) in [5.74, 6) is 0.106. The first kappa shape index (κ1) is 17.2. The third-order valence-electron chi connectivity index (χ3n) is 6.28. The van der Waals surface area contributed by atoms with E-state index < -0.39 is 11.7 Å². The Morgan fingerprint density at radius 1 is 1.16 bits per heavy atom. The molecular formula is C19H29N3O3. The number of rotatable bonds is 2. The lowest BCUT2D eigenvalue weighted by Crippen LogP contribution is -2.64. The Balaban J connectivity index is 1.46. The van der Waals surface area contributed by atoms with Gasteiger partial charge in [0.25, 0.3) is 0 Å². The van der Waals surface area contributed by atoms with Crippen LogP contribution in [0.3, 0.4) is 0 Å². The van der Waals surface area contributed by atoms with Gasteiger partial charge in [-0.05, 0) is 44.7 Å². The summed E-state index contributed by atoms with van der Waals surface area (Å²) in [7, 11) is 0. The largest absolute Gasteiger partial charge is 0.391 e. The fourth-order valence-corrected chi connectivity index (χ4v) is 5.00. The molecule has 0 radical (unpaired) electrons. The summed E-state index contributed by atoms with van der Waals surface area (Å²) in [5.41, 5.74) is 0.0280. The molecule has 138 valence electrons. The normalized spacial score (nSPS) is 38.6. The Labute approximate surface area is 149 Å². The molecule has 1 saturated carbocycles. The summed E-state index contributed by atoms with van der Waals surface area (Å²) in [6.07, 6.45) is 4.61. The molecule has 25 heavy (non-hydrogen) atoms. The lowest BCUT2D eigenvalue weighted by molar-refractivity contribution is -0.198. The van der Waals surface area contributed by atoms with Gasteiger partial charge >= 0.3 is 0 Å². The number of aliphatic hydroxyl groups excluding tert-OH is 1. The van der Waals surface area contributed by atoms with E-state index in [9.17, 15) is 10.2 Å². The molecule has 0 spiro atoms. The molecule has 3 fully saturated rings. The lowest BCUT2D eigenvalue weighted by Gasteiger charge is -2.49. The molecule has 2 saturated heterocycles. The van der Waals surface area contributed by atoms with E-state index in [-0.39, 0.29) is 17.6 Å². The van der Waals surface area contributed by atoms with Gasteiger partial charge in [-0.1, -0.05) is 0 Å². The molecule has 6 heteroatoms. The van der Waals surface area contributed by atoms with E-state index in [0.717, 1.165) is 32.6 Å². The van der Waals surface area contributed by atoms with Gasteiger partial charge in [-0.15, -0.1) is 0 Å². The Morgan fingerprint density at radius 2 is 1.84 bits per heavy atom. The molecule has 4 rings (SSSR count). The maximum Gasteiger partial charge on any atom is 0.109 e. The summed E-state index contributed by atoms with van der Waals surface area (Å²) in [5, 5.41) is 22.1. The average molecular weight is 347 g/mol. The van der Waals surface area contributed by atoms with Crippen LogP contribution < -0.4 is 4.90 Å². The minimum absolute atomic E-state index is 0.106.